The number of nitrogens with two attached hydrogens (primary N) is 1. The molecule has 15 heavy (non-hydrogen) atoms. The van der Waals surface area contributed by atoms with E-state index in [4.69, 9.17) is 15.2 Å². The number of nitrogens with zero attached hydrogens (tertiary/aromatic N) is 2. The number of hydrogen-bond acceptors (Lipinski definition) is 5. The Morgan fingerprint density at radius 2 is 1.93 bits per heavy atom. The third-order valence-electron chi connectivity index (χ3n) is 1.77. The molecule has 0 radical (unpaired) electrons. The summed E-state index contributed by atoms with van der Waals surface area (Å²) < 4.78 is 10.5. The fourth-order valence-corrected chi connectivity index (χ4v) is 1.02. The second kappa shape index (κ2) is 4.44. The van der Waals surface area contributed by atoms with Crippen molar-refractivity contribution in [3.63, 3.8) is 0 Å². The average Bonchev–Trinajstić information content (AvgIpc) is 2.15. The van der Waals surface area contributed by atoms with Crippen LogP contribution in [0.25, 0.3) is 0 Å². The van der Waals surface area contributed by atoms with Crippen LogP contribution in [0.3, 0.4) is 0 Å². The van der Waals surface area contributed by atoms with Gasteiger partial charge >= 0.3 is 0 Å². The second-order valence-electron chi connectivity index (χ2n) is 4.09. The zero-order chi connectivity index (χ0) is 11.5. The molecule has 0 atom stereocenters. The summed E-state index contributed by atoms with van der Waals surface area (Å²) >= 11 is 0. The fraction of sp³-hybridized carbons (Fsp3) is 0.600. The van der Waals surface area contributed by atoms with Crippen molar-refractivity contribution < 1.29 is 9.47 Å². The SMILES string of the molecule is COc1ncnc(OCC(C)(C)N)c1C. The first-order chi connectivity index (χ1) is 6.94. The summed E-state index contributed by atoms with van der Waals surface area (Å²) in [5.41, 5.74) is 6.20. The van der Waals surface area contributed by atoms with Gasteiger partial charge in [-0.05, 0) is 20.8 Å². The number of aromatic nitrogens is 2. The molecule has 0 fully saturated rings. The quantitative estimate of drug-likeness (QED) is 0.801. The minimum Gasteiger partial charge on any atom is -0.481 e. The highest BCUT2D eigenvalue weighted by atomic mass is 16.5. The van der Waals surface area contributed by atoms with Crippen molar-refractivity contribution in [3.05, 3.63) is 11.9 Å². The minimum atomic E-state index is -0.384. The normalized spacial score (nSPS) is 11.3. The van der Waals surface area contributed by atoms with Crippen LogP contribution in [0.1, 0.15) is 19.4 Å². The van der Waals surface area contributed by atoms with Crippen molar-refractivity contribution in [2.75, 3.05) is 13.7 Å². The Labute approximate surface area is 89.6 Å². The van der Waals surface area contributed by atoms with E-state index >= 15 is 0 Å². The summed E-state index contributed by atoms with van der Waals surface area (Å²) in [4.78, 5) is 7.98. The largest absolute Gasteiger partial charge is 0.481 e. The Hall–Kier alpha value is -1.36. The highest BCUT2D eigenvalue weighted by Crippen LogP contribution is 2.22. The molecular formula is C10H17N3O2. The summed E-state index contributed by atoms with van der Waals surface area (Å²) in [6, 6.07) is 0. The van der Waals surface area contributed by atoms with E-state index in [0.717, 1.165) is 5.56 Å². The van der Waals surface area contributed by atoms with Crippen molar-refractivity contribution in [2.24, 2.45) is 5.73 Å². The smallest absolute Gasteiger partial charge is 0.223 e. The monoisotopic (exact) mass is 211 g/mol. The first kappa shape index (κ1) is 11.7. The molecule has 1 aromatic heterocycles. The van der Waals surface area contributed by atoms with E-state index in [2.05, 4.69) is 9.97 Å². The van der Waals surface area contributed by atoms with Crippen molar-refractivity contribution in [3.8, 4) is 11.8 Å². The highest BCUT2D eigenvalue weighted by molar-refractivity contribution is 5.32. The summed E-state index contributed by atoms with van der Waals surface area (Å²) in [5.74, 6) is 1.04. The van der Waals surface area contributed by atoms with Gasteiger partial charge in [0.05, 0.1) is 12.7 Å². The van der Waals surface area contributed by atoms with Crippen LogP contribution in [0.4, 0.5) is 0 Å². The number of ether oxygens (including phenoxy) is 2. The maximum atomic E-state index is 5.80. The van der Waals surface area contributed by atoms with Crippen molar-refractivity contribution in [1.29, 1.82) is 0 Å². The van der Waals surface area contributed by atoms with E-state index in [1.54, 1.807) is 7.11 Å². The fourth-order valence-electron chi connectivity index (χ4n) is 1.02. The molecule has 0 unspecified atom stereocenters. The van der Waals surface area contributed by atoms with Crippen molar-refractivity contribution in [2.45, 2.75) is 26.3 Å². The van der Waals surface area contributed by atoms with E-state index < -0.39 is 0 Å². The molecule has 0 aliphatic heterocycles. The van der Waals surface area contributed by atoms with Gasteiger partial charge in [-0.2, -0.15) is 0 Å². The lowest BCUT2D eigenvalue weighted by molar-refractivity contribution is 0.231. The van der Waals surface area contributed by atoms with E-state index in [-0.39, 0.29) is 5.54 Å². The van der Waals surface area contributed by atoms with Gasteiger partial charge in [0.25, 0.3) is 0 Å². The summed E-state index contributed by atoms with van der Waals surface area (Å²) in [7, 11) is 1.56. The average molecular weight is 211 g/mol. The number of hydrogen-bond donors (Lipinski definition) is 1. The number of methoxy groups -OCH3 is 1. The Kier molecular flexibility index (Phi) is 3.47. The maximum absolute atomic E-state index is 5.80. The van der Waals surface area contributed by atoms with E-state index in [0.29, 0.717) is 18.4 Å². The van der Waals surface area contributed by atoms with Crippen molar-refractivity contribution in [1.82, 2.24) is 9.97 Å². The van der Waals surface area contributed by atoms with Gasteiger partial charge in [-0.1, -0.05) is 0 Å². The molecule has 5 nitrogen and oxygen atoms in total. The van der Waals surface area contributed by atoms with Crippen LogP contribution in [0.2, 0.25) is 0 Å². The molecule has 1 heterocycles. The van der Waals surface area contributed by atoms with Gasteiger partial charge in [0.2, 0.25) is 11.8 Å². The molecule has 5 heteroatoms. The van der Waals surface area contributed by atoms with Crippen LogP contribution < -0.4 is 15.2 Å². The van der Waals surface area contributed by atoms with E-state index in [9.17, 15) is 0 Å². The Morgan fingerprint density at radius 1 is 1.33 bits per heavy atom. The minimum absolute atomic E-state index is 0.384. The second-order valence-corrected chi connectivity index (χ2v) is 4.09. The zero-order valence-electron chi connectivity index (χ0n) is 9.57. The van der Waals surface area contributed by atoms with Crippen LogP contribution >= 0.6 is 0 Å². The molecule has 0 bridgehead atoms. The summed E-state index contributed by atoms with van der Waals surface area (Å²) in [6.07, 6.45) is 1.41. The predicted octanol–water partition coefficient (Wildman–Crippen LogP) is 0.910. The predicted molar refractivity (Wildman–Crippen MR) is 57.1 cm³/mol. The van der Waals surface area contributed by atoms with Gasteiger partial charge in [0, 0.05) is 5.54 Å². The molecule has 0 saturated heterocycles. The van der Waals surface area contributed by atoms with Crippen LogP contribution in [0.5, 0.6) is 11.8 Å². The molecule has 1 aromatic rings. The molecule has 84 valence electrons. The number of rotatable bonds is 4. The Balaban J connectivity index is 2.78. The Morgan fingerprint density at radius 3 is 2.47 bits per heavy atom. The molecule has 1 rings (SSSR count). The van der Waals surface area contributed by atoms with Crippen LogP contribution in [-0.4, -0.2) is 29.2 Å². The summed E-state index contributed by atoms with van der Waals surface area (Å²) in [6.45, 7) is 6.02. The highest BCUT2D eigenvalue weighted by Gasteiger charge is 2.14. The van der Waals surface area contributed by atoms with Crippen LogP contribution in [0, 0.1) is 6.92 Å². The van der Waals surface area contributed by atoms with Crippen LogP contribution in [-0.2, 0) is 0 Å². The topological polar surface area (TPSA) is 70.3 Å². The third kappa shape index (κ3) is 3.36. The van der Waals surface area contributed by atoms with Gasteiger partial charge in [0.15, 0.2) is 0 Å². The van der Waals surface area contributed by atoms with Gasteiger partial charge in [-0.3, -0.25) is 0 Å². The molecule has 0 aromatic carbocycles. The molecular weight excluding hydrogens is 194 g/mol. The first-order valence-electron chi connectivity index (χ1n) is 4.71. The first-order valence-corrected chi connectivity index (χ1v) is 4.71. The van der Waals surface area contributed by atoms with Crippen molar-refractivity contribution >= 4 is 0 Å². The van der Waals surface area contributed by atoms with Gasteiger partial charge in [-0.15, -0.1) is 0 Å². The molecule has 0 amide bonds. The summed E-state index contributed by atoms with van der Waals surface area (Å²) in [5, 5.41) is 0. The van der Waals surface area contributed by atoms with E-state index in [1.807, 2.05) is 20.8 Å². The standard InChI is InChI=1S/C10H17N3O2/c1-7-8(14-4)12-6-13-9(7)15-5-10(2,3)11/h6H,5,11H2,1-4H3. The zero-order valence-corrected chi connectivity index (χ0v) is 9.57. The lowest BCUT2D eigenvalue weighted by atomic mass is 10.1. The Bertz CT molecular complexity index is 334. The molecule has 0 aliphatic rings. The molecule has 0 saturated carbocycles. The lowest BCUT2D eigenvalue weighted by Crippen LogP contribution is -2.38. The van der Waals surface area contributed by atoms with Gasteiger partial charge < -0.3 is 15.2 Å². The maximum Gasteiger partial charge on any atom is 0.223 e. The molecule has 2 N–H and O–H groups in total. The molecule has 0 spiro atoms. The van der Waals surface area contributed by atoms with E-state index in [1.165, 1.54) is 6.33 Å². The third-order valence-corrected chi connectivity index (χ3v) is 1.77. The van der Waals surface area contributed by atoms with Gasteiger partial charge in [0.1, 0.15) is 12.9 Å². The molecule has 0 aliphatic carbocycles. The van der Waals surface area contributed by atoms with Crippen LogP contribution in [0.15, 0.2) is 6.33 Å². The van der Waals surface area contributed by atoms with Gasteiger partial charge in [-0.25, -0.2) is 9.97 Å². The lowest BCUT2D eigenvalue weighted by Gasteiger charge is -2.19.